The summed E-state index contributed by atoms with van der Waals surface area (Å²) in [6.07, 6.45) is 0.986. The molecule has 1 N–H and O–H groups in total. The van der Waals surface area contributed by atoms with Gasteiger partial charge in [0.25, 0.3) is 0 Å². The molecule has 0 amide bonds. The van der Waals surface area contributed by atoms with Gasteiger partial charge in [0.15, 0.2) is 0 Å². The van der Waals surface area contributed by atoms with E-state index in [1.54, 1.807) is 0 Å². The van der Waals surface area contributed by atoms with E-state index < -0.39 is 0 Å². The highest BCUT2D eigenvalue weighted by atomic mass is 15.3. The van der Waals surface area contributed by atoms with Gasteiger partial charge in [-0.25, -0.2) is 0 Å². The molecule has 1 unspecified atom stereocenters. The molecular weight excluding hydrogens is 258 g/mol. The lowest BCUT2D eigenvalue weighted by atomic mass is 9.98. The Kier molecular flexibility index (Phi) is 5.18. The fourth-order valence-corrected chi connectivity index (χ4v) is 2.73. The van der Waals surface area contributed by atoms with Crippen LogP contribution in [-0.4, -0.2) is 16.8 Å². The highest BCUT2D eigenvalue weighted by molar-refractivity contribution is 5.26. The van der Waals surface area contributed by atoms with Gasteiger partial charge in [0, 0.05) is 6.54 Å². The fraction of sp³-hybridized carbons (Fsp3) is 0.500. The fourth-order valence-electron chi connectivity index (χ4n) is 2.73. The SMILES string of the molecule is CCn1nc(C)cc1C(Cc1ccc(C(C)C)cc1)NC. The second-order valence-corrected chi connectivity index (χ2v) is 5.97. The third kappa shape index (κ3) is 3.73. The van der Waals surface area contributed by atoms with Crippen molar-refractivity contribution in [1.29, 1.82) is 0 Å². The Labute approximate surface area is 128 Å². The van der Waals surface area contributed by atoms with Crippen LogP contribution in [0.1, 0.15) is 55.2 Å². The monoisotopic (exact) mass is 285 g/mol. The smallest absolute Gasteiger partial charge is 0.0597 e. The highest BCUT2D eigenvalue weighted by Crippen LogP contribution is 2.21. The Morgan fingerprint density at radius 3 is 2.38 bits per heavy atom. The molecule has 3 heteroatoms. The predicted molar refractivity (Wildman–Crippen MR) is 88.7 cm³/mol. The van der Waals surface area contributed by atoms with Gasteiger partial charge in [-0.1, -0.05) is 38.1 Å². The van der Waals surface area contributed by atoms with Crippen LogP contribution in [0, 0.1) is 6.92 Å². The maximum absolute atomic E-state index is 4.55. The number of nitrogens with one attached hydrogen (secondary N) is 1. The highest BCUT2D eigenvalue weighted by Gasteiger charge is 2.16. The molecule has 1 aromatic heterocycles. The maximum atomic E-state index is 4.55. The van der Waals surface area contributed by atoms with Crippen molar-refractivity contribution in [3.05, 3.63) is 52.8 Å². The van der Waals surface area contributed by atoms with E-state index in [-0.39, 0.29) is 0 Å². The van der Waals surface area contributed by atoms with Gasteiger partial charge in [-0.15, -0.1) is 0 Å². The summed E-state index contributed by atoms with van der Waals surface area (Å²) >= 11 is 0. The van der Waals surface area contributed by atoms with Crippen molar-refractivity contribution in [1.82, 2.24) is 15.1 Å². The molecule has 1 heterocycles. The lowest BCUT2D eigenvalue weighted by Gasteiger charge is -2.18. The maximum Gasteiger partial charge on any atom is 0.0597 e. The molecule has 0 fully saturated rings. The second kappa shape index (κ2) is 6.90. The van der Waals surface area contributed by atoms with Crippen LogP contribution in [0.4, 0.5) is 0 Å². The van der Waals surface area contributed by atoms with Crippen LogP contribution >= 0.6 is 0 Å². The summed E-state index contributed by atoms with van der Waals surface area (Å²) in [5, 5.41) is 7.98. The van der Waals surface area contributed by atoms with Crippen molar-refractivity contribution in [2.45, 2.75) is 52.6 Å². The summed E-state index contributed by atoms with van der Waals surface area (Å²) in [5.74, 6) is 0.586. The van der Waals surface area contributed by atoms with Gasteiger partial charge >= 0.3 is 0 Å². The molecule has 0 spiro atoms. The largest absolute Gasteiger partial charge is 0.311 e. The topological polar surface area (TPSA) is 29.9 Å². The zero-order valence-electron chi connectivity index (χ0n) is 13.9. The Morgan fingerprint density at radius 2 is 1.86 bits per heavy atom. The standard InChI is InChI=1S/C18H27N3/c1-6-21-18(11-14(4)20-21)17(19-5)12-15-7-9-16(10-8-15)13(2)3/h7-11,13,17,19H,6,12H2,1-5H3. The van der Waals surface area contributed by atoms with E-state index in [2.05, 4.69) is 73.1 Å². The number of benzene rings is 1. The van der Waals surface area contributed by atoms with E-state index in [0.29, 0.717) is 12.0 Å². The van der Waals surface area contributed by atoms with Crippen molar-refractivity contribution in [3.63, 3.8) is 0 Å². The summed E-state index contributed by atoms with van der Waals surface area (Å²) in [6.45, 7) is 9.57. The van der Waals surface area contributed by atoms with Crippen molar-refractivity contribution in [2.24, 2.45) is 0 Å². The Balaban J connectivity index is 2.18. The molecule has 0 aliphatic rings. The van der Waals surface area contributed by atoms with E-state index in [9.17, 15) is 0 Å². The van der Waals surface area contributed by atoms with Crippen molar-refractivity contribution >= 4 is 0 Å². The first-order valence-electron chi connectivity index (χ1n) is 7.85. The molecular formula is C18H27N3. The second-order valence-electron chi connectivity index (χ2n) is 5.97. The lowest BCUT2D eigenvalue weighted by molar-refractivity contribution is 0.512. The molecule has 114 valence electrons. The van der Waals surface area contributed by atoms with Gasteiger partial charge in [-0.2, -0.15) is 5.10 Å². The van der Waals surface area contributed by atoms with Gasteiger partial charge < -0.3 is 5.32 Å². The lowest BCUT2D eigenvalue weighted by Crippen LogP contribution is -2.22. The summed E-state index contributed by atoms with van der Waals surface area (Å²) in [6, 6.07) is 11.5. The average Bonchev–Trinajstić information content (AvgIpc) is 2.86. The van der Waals surface area contributed by atoms with Crippen molar-refractivity contribution in [3.8, 4) is 0 Å². The molecule has 2 aromatic rings. The molecule has 0 saturated heterocycles. The van der Waals surface area contributed by atoms with Crippen molar-refractivity contribution < 1.29 is 0 Å². The number of aromatic nitrogens is 2. The summed E-state index contributed by atoms with van der Waals surface area (Å²) in [7, 11) is 2.02. The Morgan fingerprint density at radius 1 is 1.19 bits per heavy atom. The predicted octanol–water partition coefficient (Wildman–Crippen LogP) is 3.84. The van der Waals surface area contributed by atoms with Gasteiger partial charge in [-0.3, -0.25) is 4.68 Å². The average molecular weight is 285 g/mol. The van der Waals surface area contributed by atoms with Gasteiger partial charge in [0.1, 0.15) is 0 Å². The third-order valence-electron chi connectivity index (χ3n) is 4.02. The molecule has 0 radical (unpaired) electrons. The minimum Gasteiger partial charge on any atom is -0.311 e. The van der Waals surface area contributed by atoms with E-state index in [0.717, 1.165) is 18.7 Å². The molecule has 1 aromatic carbocycles. The molecule has 0 aliphatic carbocycles. The number of aryl methyl sites for hydroxylation is 2. The quantitative estimate of drug-likeness (QED) is 0.874. The molecule has 0 bridgehead atoms. The molecule has 1 atom stereocenters. The molecule has 2 rings (SSSR count). The number of rotatable bonds is 6. The first-order chi connectivity index (χ1) is 10.0. The summed E-state index contributed by atoms with van der Waals surface area (Å²) in [4.78, 5) is 0. The van der Waals surface area contributed by atoms with E-state index in [1.165, 1.54) is 16.8 Å². The van der Waals surface area contributed by atoms with Crippen LogP contribution in [0.15, 0.2) is 30.3 Å². The van der Waals surface area contributed by atoms with Gasteiger partial charge in [-0.05, 0) is 50.4 Å². The number of hydrogen-bond acceptors (Lipinski definition) is 2. The third-order valence-corrected chi connectivity index (χ3v) is 4.02. The van der Waals surface area contributed by atoms with E-state index >= 15 is 0 Å². The zero-order chi connectivity index (χ0) is 15.4. The van der Waals surface area contributed by atoms with Crippen LogP contribution in [0.2, 0.25) is 0 Å². The number of nitrogens with zero attached hydrogens (tertiary/aromatic N) is 2. The van der Waals surface area contributed by atoms with E-state index in [4.69, 9.17) is 0 Å². The van der Waals surface area contributed by atoms with Crippen LogP contribution in [0.3, 0.4) is 0 Å². The molecule has 3 nitrogen and oxygen atoms in total. The van der Waals surface area contributed by atoms with E-state index in [1.807, 2.05) is 7.05 Å². The van der Waals surface area contributed by atoms with Gasteiger partial charge in [0.2, 0.25) is 0 Å². The molecule has 21 heavy (non-hydrogen) atoms. The summed E-state index contributed by atoms with van der Waals surface area (Å²) < 4.78 is 2.10. The van der Waals surface area contributed by atoms with Gasteiger partial charge in [0.05, 0.1) is 17.4 Å². The summed E-state index contributed by atoms with van der Waals surface area (Å²) in [5.41, 5.74) is 5.11. The van der Waals surface area contributed by atoms with Crippen molar-refractivity contribution in [2.75, 3.05) is 7.05 Å². The Bertz CT molecular complexity index is 567. The molecule has 0 saturated carbocycles. The molecule has 0 aliphatic heterocycles. The normalized spacial score (nSPS) is 12.9. The van der Waals surface area contributed by atoms with Crippen LogP contribution < -0.4 is 5.32 Å². The number of hydrogen-bond donors (Lipinski definition) is 1. The first kappa shape index (κ1) is 15.8. The van der Waals surface area contributed by atoms with Crippen LogP contribution in [0.5, 0.6) is 0 Å². The first-order valence-corrected chi connectivity index (χ1v) is 7.85. The minimum absolute atomic E-state index is 0.302. The Hall–Kier alpha value is -1.61. The zero-order valence-corrected chi connectivity index (χ0v) is 13.9. The van der Waals surface area contributed by atoms with Crippen LogP contribution in [0.25, 0.3) is 0 Å². The number of likely N-dealkylation sites (N-methyl/N-ethyl adjacent to an activating group) is 1. The van der Waals surface area contributed by atoms with Crippen LogP contribution in [-0.2, 0) is 13.0 Å². The minimum atomic E-state index is 0.302.